The molecule has 0 radical (unpaired) electrons. The second-order valence-electron chi connectivity index (χ2n) is 6.90. The third-order valence-electron chi connectivity index (χ3n) is 5.34. The second kappa shape index (κ2) is 6.15. The Labute approximate surface area is 122 Å². The zero-order valence-corrected chi connectivity index (χ0v) is 12.7. The number of Topliss-reactive ketones (excluding diaryl/α,β-unsaturated/α-hetero) is 1. The van der Waals surface area contributed by atoms with Gasteiger partial charge < -0.3 is 9.47 Å². The minimum Gasteiger partial charge on any atom is -0.375 e. The molecule has 2 atom stereocenters. The molecule has 1 heterocycles. The molecule has 2 unspecified atom stereocenters. The van der Waals surface area contributed by atoms with E-state index in [1.807, 2.05) is 6.92 Å². The molecule has 0 aromatic carbocycles. The van der Waals surface area contributed by atoms with Crippen LogP contribution in [0.1, 0.15) is 64.7 Å². The van der Waals surface area contributed by atoms with E-state index in [1.54, 1.807) is 0 Å². The van der Waals surface area contributed by atoms with E-state index in [0.29, 0.717) is 18.3 Å². The molecule has 3 nitrogen and oxygen atoms in total. The summed E-state index contributed by atoms with van der Waals surface area (Å²) in [6.45, 7) is 3.41. The van der Waals surface area contributed by atoms with Crippen molar-refractivity contribution < 1.29 is 14.3 Å². The summed E-state index contributed by atoms with van der Waals surface area (Å²) in [7, 11) is 0. The number of carbonyl (C=O) groups excluding carboxylic acids is 1. The Morgan fingerprint density at radius 1 is 1.25 bits per heavy atom. The van der Waals surface area contributed by atoms with Crippen molar-refractivity contribution in [1.29, 1.82) is 0 Å². The van der Waals surface area contributed by atoms with Gasteiger partial charge in [0.2, 0.25) is 0 Å². The van der Waals surface area contributed by atoms with Crippen molar-refractivity contribution in [1.82, 2.24) is 0 Å². The van der Waals surface area contributed by atoms with E-state index in [0.717, 1.165) is 32.3 Å². The van der Waals surface area contributed by atoms with Crippen molar-refractivity contribution in [3.63, 3.8) is 0 Å². The van der Waals surface area contributed by atoms with E-state index in [4.69, 9.17) is 9.47 Å². The molecule has 2 aliphatic carbocycles. The van der Waals surface area contributed by atoms with E-state index < -0.39 is 0 Å². The Balaban J connectivity index is 1.64. The smallest absolute Gasteiger partial charge is 0.165 e. The molecule has 0 bridgehead atoms. The number of ether oxygens (including phenoxy) is 2. The predicted molar refractivity (Wildman–Crippen MR) is 77.6 cm³/mol. The van der Waals surface area contributed by atoms with E-state index in [-0.39, 0.29) is 17.6 Å². The van der Waals surface area contributed by atoms with Crippen LogP contribution < -0.4 is 0 Å². The summed E-state index contributed by atoms with van der Waals surface area (Å²) in [5, 5.41) is 0. The monoisotopic (exact) mass is 280 g/mol. The predicted octanol–water partition coefficient (Wildman–Crippen LogP) is 3.50. The average molecular weight is 280 g/mol. The number of rotatable bonds is 5. The first-order chi connectivity index (χ1) is 9.74. The zero-order chi connectivity index (χ0) is 14.0. The molecule has 1 spiro atoms. The van der Waals surface area contributed by atoms with Crippen LogP contribution in [0.2, 0.25) is 0 Å². The number of carbonyl (C=O) groups is 1. The van der Waals surface area contributed by atoms with Crippen molar-refractivity contribution in [3.05, 3.63) is 0 Å². The van der Waals surface area contributed by atoms with E-state index in [9.17, 15) is 4.79 Å². The van der Waals surface area contributed by atoms with Gasteiger partial charge in [0.1, 0.15) is 6.10 Å². The molecule has 114 valence electrons. The lowest BCUT2D eigenvalue weighted by atomic mass is 9.74. The van der Waals surface area contributed by atoms with Crippen LogP contribution in [0.3, 0.4) is 0 Å². The highest BCUT2D eigenvalue weighted by Crippen LogP contribution is 2.43. The van der Waals surface area contributed by atoms with Gasteiger partial charge >= 0.3 is 0 Å². The summed E-state index contributed by atoms with van der Waals surface area (Å²) in [5.74, 6) is 1.06. The van der Waals surface area contributed by atoms with Crippen LogP contribution >= 0.6 is 0 Å². The van der Waals surface area contributed by atoms with Gasteiger partial charge in [0, 0.05) is 19.1 Å². The third kappa shape index (κ3) is 3.09. The summed E-state index contributed by atoms with van der Waals surface area (Å²) in [6.07, 6.45) is 10.2. The minimum atomic E-state index is -0.122. The molecule has 0 N–H and O–H groups in total. The van der Waals surface area contributed by atoms with Gasteiger partial charge in [-0.05, 0) is 51.4 Å². The number of hydrogen-bond donors (Lipinski definition) is 0. The summed E-state index contributed by atoms with van der Waals surface area (Å²) in [6, 6.07) is 0. The van der Waals surface area contributed by atoms with Crippen LogP contribution in [-0.2, 0) is 14.3 Å². The normalized spacial score (nSPS) is 31.1. The molecule has 2 saturated carbocycles. The highest BCUT2D eigenvalue weighted by Gasteiger charge is 2.45. The van der Waals surface area contributed by atoms with Gasteiger partial charge in [-0.15, -0.1) is 0 Å². The van der Waals surface area contributed by atoms with Crippen LogP contribution in [0.25, 0.3) is 0 Å². The van der Waals surface area contributed by atoms with Crippen LogP contribution in [0.5, 0.6) is 0 Å². The summed E-state index contributed by atoms with van der Waals surface area (Å²) in [4.78, 5) is 12.8. The summed E-state index contributed by atoms with van der Waals surface area (Å²) >= 11 is 0. The average Bonchev–Trinajstić information content (AvgIpc) is 3.29. The maximum absolute atomic E-state index is 12.8. The molecular weight excluding hydrogens is 252 g/mol. The third-order valence-corrected chi connectivity index (χ3v) is 5.34. The Morgan fingerprint density at radius 2 is 2.00 bits per heavy atom. The van der Waals surface area contributed by atoms with Gasteiger partial charge in [0.15, 0.2) is 5.78 Å². The van der Waals surface area contributed by atoms with Gasteiger partial charge in [-0.2, -0.15) is 0 Å². The van der Waals surface area contributed by atoms with Crippen molar-refractivity contribution in [2.24, 2.45) is 11.8 Å². The standard InChI is InChI=1S/C17H28O3/c1-2-19-16(13-6-7-13)15(18)14-8-11-20-17(12-14)9-4-3-5-10-17/h13-14,16H,2-12H2,1H3. The van der Waals surface area contributed by atoms with E-state index in [1.165, 1.54) is 32.1 Å². The van der Waals surface area contributed by atoms with Crippen molar-refractivity contribution in [2.45, 2.75) is 76.4 Å². The molecule has 1 saturated heterocycles. The van der Waals surface area contributed by atoms with E-state index >= 15 is 0 Å². The lowest BCUT2D eigenvalue weighted by molar-refractivity contribution is -0.152. The Kier molecular flexibility index (Phi) is 4.46. The summed E-state index contributed by atoms with van der Waals surface area (Å²) in [5.41, 5.74) is 0.0249. The lowest BCUT2D eigenvalue weighted by Crippen LogP contribution is -2.46. The van der Waals surface area contributed by atoms with Crippen molar-refractivity contribution in [2.75, 3.05) is 13.2 Å². The number of hydrogen-bond acceptors (Lipinski definition) is 3. The van der Waals surface area contributed by atoms with Crippen molar-refractivity contribution in [3.8, 4) is 0 Å². The highest BCUT2D eigenvalue weighted by atomic mass is 16.5. The lowest BCUT2D eigenvalue weighted by Gasteiger charge is -2.43. The Hall–Kier alpha value is -0.410. The molecule has 0 aromatic rings. The van der Waals surface area contributed by atoms with Crippen LogP contribution in [0.4, 0.5) is 0 Å². The molecule has 3 aliphatic rings. The van der Waals surface area contributed by atoms with Gasteiger partial charge in [-0.1, -0.05) is 19.3 Å². The fraction of sp³-hybridized carbons (Fsp3) is 0.941. The van der Waals surface area contributed by atoms with Crippen LogP contribution in [-0.4, -0.2) is 30.7 Å². The second-order valence-corrected chi connectivity index (χ2v) is 6.90. The first-order valence-electron chi connectivity index (χ1n) is 8.53. The molecule has 3 heteroatoms. The molecule has 1 aliphatic heterocycles. The molecule has 20 heavy (non-hydrogen) atoms. The maximum Gasteiger partial charge on any atom is 0.165 e. The Bertz CT molecular complexity index is 337. The zero-order valence-electron chi connectivity index (χ0n) is 12.7. The number of ketones is 1. The molecule has 3 fully saturated rings. The fourth-order valence-electron chi connectivity index (χ4n) is 4.08. The van der Waals surface area contributed by atoms with Gasteiger partial charge in [-0.25, -0.2) is 0 Å². The van der Waals surface area contributed by atoms with Gasteiger partial charge in [0.05, 0.1) is 5.60 Å². The van der Waals surface area contributed by atoms with Gasteiger partial charge in [-0.3, -0.25) is 4.79 Å². The topological polar surface area (TPSA) is 35.5 Å². The SMILES string of the molecule is CCOC(C(=O)C1CCOC2(CCCCC2)C1)C1CC1. The van der Waals surface area contributed by atoms with Crippen LogP contribution in [0, 0.1) is 11.8 Å². The molecule has 0 aromatic heterocycles. The summed E-state index contributed by atoms with van der Waals surface area (Å²) < 4.78 is 11.9. The first kappa shape index (κ1) is 14.5. The quantitative estimate of drug-likeness (QED) is 0.773. The maximum atomic E-state index is 12.8. The highest BCUT2D eigenvalue weighted by molar-refractivity contribution is 5.86. The first-order valence-corrected chi connectivity index (χ1v) is 8.53. The molecular formula is C17H28O3. The van der Waals surface area contributed by atoms with Gasteiger partial charge in [0.25, 0.3) is 0 Å². The largest absolute Gasteiger partial charge is 0.375 e. The minimum absolute atomic E-state index is 0.0249. The van der Waals surface area contributed by atoms with E-state index in [2.05, 4.69) is 0 Å². The Morgan fingerprint density at radius 3 is 2.65 bits per heavy atom. The molecule has 0 amide bonds. The molecule has 3 rings (SSSR count). The van der Waals surface area contributed by atoms with Crippen molar-refractivity contribution >= 4 is 5.78 Å². The fourth-order valence-corrected chi connectivity index (χ4v) is 4.08. The van der Waals surface area contributed by atoms with Crippen LogP contribution in [0.15, 0.2) is 0 Å².